The van der Waals surface area contributed by atoms with Gasteiger partial charge in [-0.05, 0) is 31.5 Å². The van der Waals surface area contributed by atoms with Crippen molar-refractivity contribution in [3.63, 3.8) is 0 Å². The van der Waals surface area contributed by atoms with E-state index < -0.39 is 7.60 Å². The van der Waals surface area contributed by atoms with Gasteiger partial charge in [0.15, 0.2) is 0 Å². The molecule has 0 saturated carbocycles. The molecule has 0 atom stereocenters. The standard InChI is InChI=1S/C12H18ClO4P/c1-4-16-18(14,17-5-2)9-10-6-7-11(13)12(8-10)15-3/h6-8H,4-5,9H2,1-3H3. The smallest absolute Gasteiger partial charge is 0.335 e. The fourth-order valence-electron chi connectivity index (χ4n) is 1.55. The average Bonchev–Trinajstić information content (AvgIpc) is 2.32. The lowest BCUT2D eigenvalue weighted by molar-refractivity contribution is 0.219. The minimum Gasteiger partial charge on any atom is -0.495 e. The summed E-state index contributed by atoms with van der Waals surface area (Å²) in [7, 11) is -1.55. The Morgan fingerprint density at radius 2 is 1.83 bits per heavy atom. The Balaban J connectivity index is 2.90. The molecule has 0 aliphatic carbocycles. The first-order chi connectivity index (χ1) is 8.54. The van der Waals surface area contributed by atoms with E-state index in [-0.39, 0.29) is 6.16 Å². The maximum absolute atomic E-state index is 12.3. The van der Waals surface area contributed by atoms with Crippen molar-refractivity contribution in [2.45, 2.75) is 20.0 Å². The summed E-state index contributed by atoms with van der Waals surface area (Å²) >= 11 is 5.93. The number of ether oxygens (including phenoxy) is 1. The topological polar surface area (TPSA) is 44.8 Å². The molecule has 0 spiro atoms. The highest BCUT2D eigenvalue weighted by Gasteiger charge is 2.24. The summed E-state index contributed by atoms with van der Waals surface area (Å²) in [6.45, 7) is 4.27. The Labute approximate surface area is 113 Å². The maximum Gasteiger partial charge on any atom is 0.335 e. The van der Waals surface area contributed by atoms with Crippen LogP contribution in [0.1, 0.15) is 19.4 Å². The van der Waals surface area contributed by atoms with Crippen molar-refractivity contribution in [2.24, 2.45) is 0 Å². The summed E-state index contributed by atoms with van der Waals surface area (Å²) in [6, 6.07) is 5.24. The van der Waals surface area contributed by atoms with Crippen molar-refractivity contribution in [3.05, 3.63) is 28.8 Å². The molecular weight excluding hydrogens is 275 g/mol. The number of methoxy groups -OCH3 is 1. The molecule has 0 bridgehead atoms. The van der Waals surface area contributed by atoms with Crippen LogP contribution < -0.4 is 4.74 Å². The second-order valence-electron chi connectivity index (χ2n) is 3.57. The highest BCUT2D eigenvalue weighted by Crippen LogP contribution is 2.51. The Morgan fingerprint density at radius 1 is 1.22 bits per heavy atom. The van der Waals surface area contributed by atoms with Crippen LogP contribution in [0.3, 0.4) is 0 Å². The van der Waals surface area contributed by atoms with Crippen molar-refractivity contribution >= 4 is 19.2 Å². The van der Waals surface area contributed by atoms with E-state index in [1.54, 1.807) is 32.0 Å². The van der Waals surface area contributed by atoms with Crippen LogP contribution in [0.5, 0.6) is 5.75 Å². The Hall–Kier alpha value is -0.540. The molecule has 1 aromatic rings. The average molecular weight is 293 g/mol. The molecule has 0 amide bonds. The number of hydrogen-bond acceptors (Lipinski definition) is 4. The summed E-state index contributed by atoms with van der Waals surface area (Å²) < 4.78 is 27.9. The van der Waals surface area contributed by atoms with Crippen molar-refractivity contribution in [3.8, 4) is 5.75 Å². The van der Waals surface area contributed by atoms with E-state index in [4.69, 9.17) is 25.4 Å². The van der Waals surface area contributed by atoms with E-state index >= 15 is 0 Å². The molecule has 4 nitrogen and oxygen atoms in total. The summed E-state index contributed by atoms with van der Waals surface area (Å²) in [5.74, 6) is 0.550. The van der Waals surface area contributed by atoms with Crippen LogP contribution in [-0.4, -0.2) is 20.3 Å². The lowest BCUT2D eigenvalue weighted by Crippen LogP contribution is -1.99. The maximum atomic E-state index is 12.3. The van der Waals surface area contributed by atoms with Gasteiger partial charge in [-0.2, -0.15) is 0 Å². The molecule has 0 aliphatic heterocycles. The van der Waals surface area contributed by atoms with Crippen LogP contribution in [0.2, 0.25) is 5.02 Å². The van der Waals surface area contributed by atoms with Gasteiger partial charge < -0.3 is 13.8 Å². The Kier molecular flexibility index (Phi) is 6.16. The molecule has 1 rings (SSSR count). The minimum absolute atomic E-state index is 0.211. The van der Waals surface area contributed by atoms with E-state index in [1.807, 2.05) is 0 Å². The molecule has 0 heterocycles. The lowest BCUT2D eigenvalue weighted by Gasteiger charge is -2.17. The van der Waals surface area contributed by atoms with Gasteiger partial charge in [0.1, 0.15) is 5.75 Å². The summed E-state index contributed by atoms with van der Waals surface area (Å²) in [5.41, 5.74) is 0.807. The zero-order chi connectivity index (χ0) is 13.6. The predicted molar refractivity (Wildman–Crippen MR) is 72.6 cm³/mol. The fourth-order valence-corrected chi connectivity index (χ4v) is 3.43. The molecule has 1 aromatic carbocycles. The highest BCUT2D eigenvalue weighted by molar-refractivity contribution is 7.53. The molecule has 18 heavy (non-hydrogen) atoms. The van der Waals surface area contributed by atoms with Gasteiger partial charge in [0.2, 0.25) is 0 Å². The number of benzene rings is 1. The van der Waals surface area contributed by atoms with Crippen molar-refractivity contribution in [1.29, 1.82) is 0 Å². The van der Waals surface area contributed by atoms with E-state index in [0.29, 0.717) is 24.0 Å². The van der Waals surface area contributed by atoms with Gasteiger partial charge in [0, 0.05) is 0 Å². The Bertz CT molecular complexity index is 426. The molecule has 0 fully saturated rings. The molecule has 102 valence electrons. The number of halogens is 1. The fraction of sp³-hybridized carbons (Fsp3) is 0.500. The quantitative estimate of drug-likeness (QED) is 0.709. The van der Waals surface area contributed by atoms with Crippen LogP contribution in [0.15, 0.2) is 18.2 Å². The van der Waals surface area contributed by atoms with E-state index in [0.717, 1.165) is 5.56 Å². The minimum atomic E-state index is -3.09. The molecule has 0 saturated heterocycles. The first-order valence-electron chi connectivity index (χ1n) is 5.75. The summed E-state index contributed by atoms with van der Waals surface area (Å²) in [6.07, 6.45) is 0.211. The largest absolute Gasteiger partial charge is 0.495 e. The number of hydrogen-bond donors (Lipinski definition) is 0. The van der Waals surface area contributed by atoms with Gasteiger partial charge in [0.05, 0.1) is 31.5 Å². The van der Waals surface area contributed by atoms with Gasteiger partial charge >= 0.3 is 7.60 Å². The van der Waals surface area contributed by atoms with Gasteiger partial charge in [-0.15, -0.1) is 0 Å². The third-order valence-electron chi connectivity index (χ3n) is 2.24. The molecule has 0 aromatic heterocycles. The first kappa shape index (κ1) is 15.5. The molecule has 0 unspecified atom stereocenters. The third kappa shape index (κ3) is 4.29. The second kappa shape index (κ2) is 7.15. The first-order valence-corrected chi connectivity index (χ1v) is 7.85. The lowest BCUT2D eigenvalue weighted by atomic mass is 10.2. The van der Waals surface area contributed by atoms with Crippen LogP contribution in [0.4, 0.5) is 0 Å². The van der Waals surface area contributed by atoms with Gasteiger partial charge in [0.25, 0.3) is 0 Å². The van der Waals surface area contributed by atoms with Gasteiger partial charge in [-0.25, -0.2) is 0 Å². The monoisotopic (exact) mass is 292 g/mol. The Morgan fingerprint density at radius 3 is 2.33 bits per heavy atom. The number of rotatable bonds is 7. The van der Waals surface area contributed by atoms with Gasteiger partial charge in [-0.1, -0.05) is 17.7 Å². The zero-order valence-corrected chi connectivity index (χ0v) is 12.5. The predicted octanol–water partition coefficient (Wildman–Crippen LogP) is 4.11. The van der Waals surface area contributed by atoms with Crippen LogP contribution in [-0.2, 0) is 19.8 Å². The second-order valence-corrected chi connectivity index (χ2v) is 6.04. The van der Waals surface area contributed by atoms with Crippen molar-refractivity contribution < 1.29 is 18.3 Å². The SMILES string of the molecule is CCOP(=O)(Cc1ccc(Cl)c(OC)c1)OCC. The highest BCUT2D eigenvalue weighted by atomic mass is 35.5. The molecule has 0 aliphatic rings. The molecule has 6 heteroatoms. The molecule has 0 N–H and O–H groups in total. The summed E-state index contributed by atoms with van der Waals surface area (Å²) in [4.78, 5) is 0. The molecule has 0 radical (unpaired) electrons. The van der Waals surface area contributed by atoms with E-state index in [9.17, 15) is 4.57 Å². The third-order valence-corrected chi connectivity index (χ3v) is 4.61. The normalized spacial score (nSPS) is 11.6. The zero-order valence-electron chi connectivity index (χ0n) is 10.8. The van der Waals surface area contributed by atoms with E-state index in [1.165, 1.54) is 7.11 Å². The van der Waals surface area contributed by atoms with Crippen molar-refractivity contribution in [1.82, 2.24) is 0 Å². The van der Waals surface area contributed by atoms with Crippen LogP contribution in [0, 0.1) is 0 Å². The molecular formula is C12H18ClO4P. The summed E-state index contributed by atoms with van der Waals surface area (Å²) in [5, 5.41) is 0.518. The van der Waals surface area contributed by atoms with E-state index in [2.05, 4.69) is 0 Å². The van der Waals surface area contributed by atoms with Crippen LogP contribution >= 0.6 is 19.2 Å². The van der Waals surface area contributed by atoms with Gasteiger partial charge in [-0.3, -0.25) is 4.57 Å². The van der Waals surface area contributed by atoms with Crippen LogP contribution in [0.25, 0.3) is 0 Å². The van der Waals surface area contributed by atoms with Crippen molar-refractivity contribution in [2.75, 3.05) is 20.3 Å².